The number of hydrazone groups is 1. The normalized spacial score (nSPS) is 10.5. The Bertz CT molecular complexity index is 830. The number of halogens is 1. The molecule has 2 aromatic rings. The van der Waals surface area contributed by atoms with Crippen LogP contribution in [-0.2, 0) is 0 Å². The molecule has 26 heavy (non-hydrogen) atoms. The highest BCUT2D eigenvalue weighted by atomic mass is 35.5. The molecular formula is C17H18ClN3O4S. The van der Waals surface area contributed by atoms with Crippen LogP contribution >= 0.6 is 23.8 Å². The van der Waals surface area contributed by atoms with E-state index >= 15 is 0 Å². The first-order valence-electron chi connectivity index (χ1n) is 7.37. The predicted molar refractivity (Wildman–Crippen MR) is 106 cm³/mol. The molecule has 138 valence electrons. The molecule has 0 atom stereocenters. The maximum absolute atomic E-state index is 9.58. The van der Waals surface area contributed by atoms with Gasteiger partial charge in [-0.25, -0.2) is 0 Å². The number of hydrogen-bond donors (Lipinski definition) is 3. The van der Waals surface area contributed by atoms with Crippen molar-refractivity contribution in [1.82, 2.24) is 5.43 Å². The van der Waals surface area contributed by atoms with E-state index in [1.165, 1.54) is 33.6 Å². The van der Waals surface area contributed by atoms with E-state index in [0.717, 1.165) is 5.56 Å². The van der Waals surface area contributed by atoms with Gasteiger partial charge in [0.25, 0.3) is 0 Å². The summed E-state index contributed by atoms with van der Waals surface area (Å²) in [6, 6.07) is 8.14. The average molecular weight is 396 g/mol. The molecule has 0 saturated carbocycles. The summed E-state index contributed by atoms with van der Waals surface area (Å²) in [7, 11) is 4.52. The molecule has 0 unspecified atom stereocenters. The van der Waals surface area contributed by atoms with Gasteiger partial charge >= 0.3 is 0 Å². The van der Waals surface area contributed by atoms with Crippen LogP contribution in [0.25, 0.3) is 0 Å². The molecule has 9 heteroatoms. The van der Waals surface area contributed by atoms with Crippen molar-refractivity contribution in [2.24, 2.45) is 5.10 Å². The summed E-state index contributed by atoms with van der Waals surface area (Å²) in [6.07, 6.45) is 1.54. The number of ether oxygens (including phenoxy) is 3. The number of nitrogens with zero attached hydrogens (tertiary/aromatic N) is 1. The Morgan fingerprint density at radius 2 is 1.77 bits per heavy atom. The molecule has 3 N–H and O–H groups in total. The largest absolute Gasteiger partial charge is 0.504 e. The summed E-state index contributed by atoms with van der Waals surface area (Å²) in [4.78, 5) is 0. The Balaban J connectivity index is 2.05. The van der Waals surface area contributed by atoms with E-state index < -0.39 is 0 Å². The van der Waals surface area contributed by atoms with Crippen molar-refractivity contribution in [3.05, 3.63) is 40.9 Å². The number of benzene rings is 2. The number of hydrogen-bond acceptors (Lipinski definition) is 6. The minimum Gasteiger partial charge on any atom is -0.504 e. The molecule has 0 fully saturated rings. The standard InChI is InChI=1S/C17H18ClN3O4S/c1-23-14-8-12(15(24-2)7-11(14)18)20-17(26)21-19-9-10-4-5-13(22)16(6-10)25-3/h4-9,22H,1-3H3,(H2,20,21,26)/b19-9-. The fraction of sp³-hybridized carbons (Fsp3) is 0.176. The molecule has 2 rings (SSSR count). The summed E-state index contributed by atoms with van der Waals surface area (Å²) >= 11 is 11.3. The summed E-state index contributed by atoms with van der Waals surface area (Å²) in [5.74, 6) is 1.40. The zero-order chi connectivity index (χ0) is 19.1. The second-order valence-electron chi connectivity index (χ2n) is 4.94. The van der Waals surface area contributed by atoms with Crippen LogP contribution in [0.1, 0.15) is 5.56 Å². The van der Waals surface area contributed by atoms with Gasteiger partial charge in [0.1, 0.15) is 11.5 Å². The molecule has 0 aliphatic rings. The number of aromatic hydroxyl groups is 1. The molecule has 0 aromatic heterocycles. The van der Waals surface area contributed by atoms with Gasteiger partial charge in [-0.2, -0.15) is 5.10 Å². The van der Waals surface area contributed by atoms with Crippen LogP contribution in [0.3, 0.4) is 0 Å². The lowest BCUT2D eigenvalue weighted by molar-refractivity contribution is 0.373. The SMILES string of the molecule is COc1cc(/C=N\NC(=S)Nc2cc(OC)c(Cl)cc2OC)ccc1O. The van der Waals surface area contributed by atoms with Crippen LogP contribution in [0.2, 0.25) is 5.02 Å². The second kappa shape index (κ2) is 9.12. The van der Waals surface area contributed by atoms with Crippen molar-refractivity contribution in [3.8, 4) is 23.0 Å². The average Bonchev–Trinajstić information content (AvgIpc) is 2.64. The van der Waals surface area contributed by atoms with Gasteiger partial charge in [-0.1, -0.05) is 11.6 Å². The Morgan fingerprint density at radius 3 is 2.42 bits per heavy atom. The summed E-state index contributed by atoms with van der Waals surface area (Å²) in [5, 5.41) is 17.3. The second-order valence-corrected chi connectivity index (χ2v) is 5.76. The van der Waals surface area contributed by atoms with Gasteiger partial charge in [-0.15, -0.1) is 0 Å². The molecule has 0 aliphatic heterocycles. The van der Waals surface area contributed by atoms with Crippen LogP contribution in [0.5, 0.6) is 23.0 Å². The lowest BCUT2D eigenvalue weighted by Gasteiger charge is -2.14. The summed E-state index contributed by atoms with van der Waals surface area (Å²) < 4.78 is 15.5. The van der Waals surface area contributed by atoms with E-state index in [4.69, 9.17) is 38.0 Å². The number of phenols is 1. The zero-order valence-corrected chi connectivity index (χ0v) is 15.9. The molecule has 0 radical (unpaired) electrons. The molecule has 7 nitrogen and oxygen atoms in total. The number of methoxy groups -OCH3 is 3. The Kier molecular flexibility index (Phi) is 6.88. The van der Waals surface area contributed by atoms with Crippen LogP contribution < -0.4 is 25.0 Å². The Hall–Kier alpha value is -2.71. The molecule has 0 aliphatic carbocycles. The van der Waals surface area contributed by atoms with Gasteiger partial charge in [0.05, 0.1) is 38.3 Å². The molecule has 2 aromatic carbocycles. The number of phenolic OH excluding ortho intramolecular Hbond substituents is 1. The first kappa shape index (κ1) is 19.6. The van der Waals surface area contributed by atoms with E-state index in [9.17, 15) is 5.11 Å². The van der Waals surface area contributed by atoms with Crippen LogP contribution in [-0.4, -0.2) is 37.8 Å². The van der Waals surface area contributed by atoms with Crippen molar-refractivity contribution in [2.45, 2.75) is 0 Å². The quantitative estimate of drug-likeness (QED) is 0.392. The lowest BCUT2D eigenvalue weighted by Crippen LogP contribution is -2.24. The van der Waals surface area contributed by atoms with E-state index in [0.29, 0.717) is 28.0 Å². The van der Waals surface area contributed by atoms with Gasteiger partial charge in [0, 0.05) is 12.1 Å². The van der Waals surface area contributed by atoms with Crippen molar-refractivity contribution < 1.29 is 19.3 Å². The summed E-state index contributed by atoms with van der Waals surface area (Å²) in [5.41, 5.74) is 3.99. The highest BCUT2D eigenvalue weighted by molar-refractivity contribution is 7.80. The number of thiocarbonyl (C=S) groups is 1. The number of nitrogens with one attached hydrogen (secondary N) is 2. The van der Waals surface area contributed by atoms with Crippen molar-refractivity contribution >= 4 is 40.8 Å². The molecule has 0 heterocycles. The van der Waals surface area contributed by atoms with Crippen molar-refractivity contribution in [2.75, 3.05) is 26.6 Å². The minimum atomic E-state index is 0.0542. The highest BCUT2D eigenvalue weighted by Gasteiger charge is 2.11. The maximum Gasteiger partial charge on any atom is 0.191 e. The van der Waals surface area contributed by atoms with Crippen molar-refractivity contribution in [1.29, 1.82) is 0 Å². The fourth-order valence-corrected chi connectivity index (χ4v) is 2.44. The molecular weight excluding hydrogens is 378 g/mol. The smallest absolute Gasteiger partial charge is 0.191 e. The van der Waals surface area contributed by atoms with Gasteiger partial charge in [-0.05, 0) is 36.0 Å². The van der Waals surface area contributed by atoms with Gasteiger partial charge < -0.3 is 24.6 Å². The third kappa shape index (κ3) is 4.90. The van der Waals surface area contributed by atoms with Gasteiger partial charge in [0.15, 0.2) is 16.6 Å². The molecule has 0 spiro atoms. The van der Waals surface area contributed by atoms with E-state index in [2.05, 4.69) is 15.8 Å². The zero-order valence-electron chi connectivity index (χ0n) is 14.4. The minimum absolute atomic E-state index is 0.0542. The van der Waals surface area contributed by atoms with E-state index in [1.54, 1.807) is 24.3 Å². The number of rotatable bonds is 6. The predicted octanol–water partition coefficient (Wildman–Crippen LogP) is 3.39. The lowest BCUT2D eigenvalue weighted by atomic mass is 10.2. The van der Waals surface area contributed by atoms with Crippen LogP contribution in [0.15, 0.2) is 35.4 Å². The number of anilines is 1. The monoisotopic (exact) mass is 395 g/mol. The Morgan fingerprint density at radius 1 is 1.08 bits per heavy atom. The topological polar surface area (TPSA) is 84.3 Å². The highest BCUT2D eigenvalue weighted by Crippen LogP contribution is 2.35. The first-order valence-corrected chi connectivity index (χ1v) is 8.15. The molecule has 0 bridgehead atoms. The third-order valence-electron chi connectivity index (χ3n) is 3.31. The van der Waals surface area contributed by atoms with Gasteiger partial charge in [-0.3, -0.25) is 5.43 Å². The fourth-order valence-electron chi connectivity index (χ4n) is 2.05. The third-order valence-corrected chi connectivity index (χ3v) is 3.79. The van der Waals surface area contributed by atoms with E-state index in [-0.39, 0.29) is 10.9 Å². The summed E-state index contributed by atoms with van der Waals surface area (Å²) in [6.45, 7) is 0. The first-order chi connectivity index (χ1) is 12.5. The molecule has 0 amide bonds. The Labute approximate surface area is 161 Å². The molecule has 0 saturated heterocycles. The van der Waals surface area contributed by atoms with Crippen molar-refractivity contribution in [3.63, 3.8) is 0 Å². The van der Waals surface area contributed by atoms with Crippen LogP contribution in [0.4, 0.5) is 5.69 Å². The van der Waals surface area contributed by atoms with Gasteiger partial charge in [0.2, 0.25) is 0 Å². The maximum atomic E-state index is 9.58. The van der Waals surface area contributed by atoms with E-state index in [1.807, 2.05) is 0 Å². The van der Waals surface area contributed by atoms with Crippen LogP contribution in [0, 0.1) is 0 Å².